The number of rotatable bonds is 6. The summed E-state index contributed by atoms with van der Waals surface area (Å²) < 4.78 is 5.99. The number of aromatic nitrogens is 2. The first kappa shape index (κ1) is 21.8. The zero-order valence-electron chi connectivity index (χ0n) is 17.5. The van der Waals surface area contributed by atoms with Crippen molar-refractivity contribution in [3.05, 3.63) is 86.1 Å². The number of H-pyrrole nitrogens is 1. The number of benzene rings is 2. The molecular formula is C23H23N3O5. The van der Waals surface area contributed by atoms with Gasteiger partial charge in [-0.05, 0) is 56.7 Å². The molecule has 2 N–H and O–H groups in total. The van der Waals surface area contributed by atoms with Crippen LogP contribution in [0.25, 0.3) is 5.69 Å². The van der Waals surface area contributed by atoms with Crippen molar-refractivity contribution in [1.82, 2.24) is 9.55 Å². The minimum atomic E-state index is -0.746. The molecule has 0 unspecified atom stereocenters. The summed E-state index contributed by atoms with van der Waals surface area (Å²) in [6.45, 7) is 5.69. The van der Waals surface area contributed by atoms with E-state index in [4.69, 9.17) is 4.74 Å². The summed E-state index contributed by atoms with van der Waals surface area (Å²) in [6.07, 6.45) is 0.322. The van der Waals surface area contributed by atoms with E-state index in [1.165, 1.54) is 0 Å². The second-order valence-electron chi connectivity index (χ2n) is 6.81. The van der Waals surface area contributed by atoms with Gasteiger partial charge >= 0.3 is 11.7 Å². The molecule has 31 heavy (non-hydrogen) atoms. The maximum Gasteiger partial charge on any atom is 0.338 e. The van der Waals surface area contributed by atoms with E-state index < -0.39 is 23.1 Å². The fourth-order valence-electron chi connectivity index (χ4n) is 3.07. The van der Waals surface area contributed by atoms with Gasteiger partial charge in [-0.3, -0.25) is 14.8 Å². The summed E-state index contributed by atoms with van der Waals surface area (Å²) >= 11 is 0. The average Bonchev–Trinajstić information content (AvgIpc) is 2.74. The molecule has 1 aromatic heterocycles. The molecule has 0 saturated carbocycles. The van der Waals surface area contributed by atoms with Gasteiger partial charge in [0, 0.05) is 0 Å². The van der Waals surface area contributed by atoms with E-state index in [9.17, 15) is 19.5 Å². The lowest BCUT2D eigenvalue weighted by Crippen LogP contribution is -2.33. The van der Waals surface area contributed by atoms with Crippen LogP contribution in [-0.4, -0.2) is 32.9 Å². The highest BCUT2D eigenvalue weighted by Gasteiger charge is 2.19. The number of aromatic amines is 1. The van der Waals surface area contributed by atoms with E-state index in [0.717, 1.165) is 10.1 Å². The fraction of sp³-hybridized carbons (Fsp3) is 0.217. The molecule has 0 atom stereocenters. The summed E-state index contributed by atoms with van der Waals surface area (Å²) in [6, 6.07) is 13.3. The van der Waals surface area contributed by atoms with Gasteiger partial charge in [-0.2, -0.15) is 0 Å². The third-order valence-electron chi connectivity index (χ3n) is 4.64. The Morgan fingerprint density at radius 2 is 1.71 bits per heavy atom. The second-order valence-corrected chi connectivity index (χ2v) is 6.81. The van der Waals surface area contributed by atoms with Crippen molar-refractivity contribution in [2.75, 3.05) is 6.61 Å². The Bertz CT molecular complexity index is 1240. The van der Waals surface area contributed by atoms with Gasteiger partial charge in [0.15, 0.2) is 0 Å². The zero-order valence-corrected chi connectivity index (χ0v) is 17.5. The number of aryl methyl sites for hydroxylation is 1. The Hall–Kier alpha value is -3.94. The average molecular weight is 421 g/mol. The van der Waals surface area contributed by atoms with Gasteiger partial charge in [-0.25, -0.2) is 14.2 Å². The lowest BCUT2D eigenvalue weighted by molar-refractivity contribution is 0.0526. The number of hydrogen-bond acceptors (Lipinski definition) is 6. The van der Waals surface area contributed by atoms with Crippen molar-refractivity contribution in [2.45, 2.75) is 27.2 Å². The fourth-order valence-corrected chi connectivity index (χ4v) is 3.07. The van der Waals surface area contributed by atoms with Gasteiger partial charge in [-0.15, -0.1) is 0 Å². The molecule has 1 heterocycles. The molecule has 0 bridgehead atoms. The summed E-state index contributed by atoms with van der Waals surface area (Å²) in [5.74, 6) is -0.922. The van der Waals surface area contributed by atoms with Crippen molar-refractivity contribution in [3.63, 3.8) is 0 Å². The monoisotopic (exact) mass is 421 g/mol. The van der Waals surface area contributed by atoms with E-state index in [2.05, 4.69) is 9.98 Å². The topological polar surface area (TPSA) is 114 Å². The molecule has 2 aromatic carbocycles. The molecule has 0 amide bonds. The van der Waals surface area contributed by atoms with Crippen LogP contribution in [0.4, 0.5) is 5.69 Å². The Morgan fingerprint density at radius 1 is 1.06 bits per heavy atom. The van der Waals surface area contributed by atoms with E-state index >= 15 is 0 Å². The lowest BCUT2D eigenvalue weighted by Gasteiger charge is -2.12. The summed E-state index contributed by atoms with van der Waals surface area (Å²) in [5.41, 5.74) is 1.01. The number of aromatic hydroxyl groups is 1. The summed E-state index contributed by atoms with van der Waals surface area (Å²) in [5, 5.41) is 10.8. The largest absolute Gasteiger partial charge is 0.493 e. The third kappa shape index (κ3) is 4.63. The van der Waals surface area contributed by atoms with Crippen LogP contribution >= 0.6 is 0 Å². The summed E-state index contributed by atoms with van der Waals surface area (Å²) in [4.78, 5) is 43.4. The number of carbonyl (C=O) groups excluding carboxylic acids is 1. The minimum absolute atomic E-state index is 0.0860. The Morgan fingerprint density at radius 3 is 2.29 bits per heavy atom. The number of nitrogens with one attached hydrogen (secondary N) is 1. The van der Waals surface area contributed by atoms with E-state index in [-0.39, 0.29) is 12.2 Å². The van der Waals surface area contributed by atoms with Crippen LogP contribution < -0.4 is 11.2 Å². The van der Waals surface area contributed by atoms with Crippen LogP contribution in [0.15, 0.2) is 63.1 Å². The SMILES string of the molecule is CCOC(=O)c1ccc(N=C(CC)c2c(O)n(-c3ccc(C)cc3)c(=O)[nH]c2=O)cc1. The highest BCUT2D eigenvalue weighted by Crippen LogP contribution is 2.22. The van der Waals surface area contributed by atoms with Gasteiger partial charge in [0.1, 0.15) is 5.56 Å². The maximum atomic E-state index is 12.5. The molecule has 0 spiro atoms. The van der Waals surface area contributed by atoms with Crippen LogP contribution in [0.1, 0.15) is 41.8 Å². The number of ether oxygens (including phenoxy) is 1. The predicted molar refractivity (Wildman–Crippen MR) is 118 cm³/mol. The maximum absolute atomic E-state index is 12.5. The number of hydrogen-bond donors (Lipinski definition) is 2. The molecule has 8 heteroatoms. The molecule has 160 valence electrons. The summed E-state index contributed by atoms with van der Waals surface area (Å²) in [7, 11) is 0. The first-order valence-electron chi connectivity index (χ1n) is 9.86. The van der Waals surface area contributed by atoms with Crippen molar-refractivity contribution in [2.24, 2.45) is 4.99 Å². The molecule has 0 fully saturated rings. The normalized spacial score (nSPS) is 11.4. The van der Waals surface area contributed by atoms with Crippen molar-refractivity contribution < 1.29 is 14.6 Å². The first-order chi connectivity index (χ1) is 14.8. The molecule has 0 aliphatic heterocycles. The number of aliphatic imine (C=N–C) groups is 1. The van der Waals surface area contributed by atoms with E-state index in [1.807, 2.05) is 6.92 Å². The smallest absolute Gasteiger partial charge is 0.338 e. The minimum Gasteiger partial charge on any atom is -0.493 e. The van der Waals surface area contributed by atoms with Crippen molar-refractivity contribution >= 4 is 17.4 Å². The Balaban J connectivity index is 2.08. The number of esters is 1. The van der Waals surface area contributed by atoms with Crippen LogP contribution in [0.5, 0.6) is 5.88 Å². The van der Waals surface area contributed by atoms with Crippen molar-refractivity contribution in [1.29, 1.82) is 0 Å². The number of nitrogens with zero attached hydrogens (tertiary/aromatic N) is 2. The van der Waals surface area contributed by atoms with E-state index in [0.29, 0.717) is 29.1 Å². The van der Waals surface area contributed by atoms with Gasteiger partial charge in [-0.1, -0.05) is 24.6 Å². The molecule has 8 nitrogen and oxygen atoms in total. The van der Waals surface area contributed by atoms with Gasteiger partial charge in [0.2, 0.25) is 5.88 Å². The Kier molecular flexibility index (Phi) is 6.49. The molecule has 0 aliphatic carbocycles. The molecule has 3 rings (SSSR count). The molecule has 0 saturated heterocycles. The first-order valence-corrected chi connectivity index (χ1v) is 9.86. The standard InChI is InChI=1S/C23H23N3O5/c1-4-18(24-16-10-8-15(9-11-16)22(29)31-5-2)19-20(27)25-23(30)26(21(19)28)17-12-6-14(3)7-13-17/h6-13,28H,4-5H2,1-3H3,(H,25,27,30). The quantitative estimate of drug-likeness (QED) is 0.468. The van der Waals surface area contributed by atoms with Gasteiger partial charge in [0.25, 0.3) is 5.56 Å². The van der Waals surface area contributed by atoms with E-state index in [1.54, 1.807) is 62.4 Å². The second kappa shape index (κ2) is 9.25. The van der Waals surface area contributed by atoms with Gasteiger partial charge in [0.05, 0.1) is 29.3 Å². The van der Waals surface area contributed by atoms with Crippen LogP contribution in [0, 0.1) is 6.92 Å². The molecule has 0 aliphatic rings. The highest BCUT2D eigenvalue weighted by molar-refractivity contribution is 6.03. The van der Waals surface area contributed by atoms with Gasteiger partial charge < -0.3 is 9.84 Å². The third-order valence-corrected chi connectivity index (χ3v) is 4.64. The van der Waals surface area contributed by atoms with Crippen LogP contribution in [-0.2, 0) is 4.74 Å². The zero-order chi connectivity index (χ0) is 22.5. The molecular weight excluding hydrogens is 398 g/mol. The van der Waals surface area contributed by atoms with Crippen molar-refractivity contribution in [3.8, 4) is 11.6 Å². The van der Waals surface area contributed by atoms with Crippen LogP contribution in [0.2, 0.25) is 0 Å². The molecule has 3 aromatic rings. The number of carbonyl (C=O) groups is 1. The van der Waals surface area contributed by atoms with Crippen LogP contribution in [0.3, 0.4) is 0 Å². The predicted octanol–water partition coefficient (Wildman–Crippen LogP) is 3.25. The Labute approximate surface area is 178 Å². The highest BCUT2D eigenvalue weighted by atomic mass is 16.5. The molecule has 0 radical (unpaired) electrons. The lowest BCUT2D eigenvalue weighted by atomic mass is 10.1.